The van der Waals surface area contributed by atoms with Gasteiger partial charge < -0.3 is 25.7 Å². The molecule has 5 N–H and O–H groups in total. The number of benzene rings is 1. The van der Waals surface area contributed by atoms with Crippen LogP contribution in [0, 0.1) is 22.7 Å². The van der Waals surface area contributed by atoms with Crippen molar-refractivity contribution in [3.63, 3.8) is 0 Å². The second kappa shape index (κ2) is 5.87. The molecule has 142 valence electrons. The molecule has 1 aromatic carbocycles. The summed E-state index contributed by atoms with van der Waals surface area (Å²) in [6.45, 7) is 6.31. The van der Waals surface area contributed by atoms with Gasteiger partial charge in [0.15, 0.2) is 5.75 Å². The van der Waals surface area contributed by atoms with Crippen molar-refractivity contribution in [2.75, 3.05) is 5.32 Å². The molecular weight excluding hydrogens is 338 g/mol. The van der Waals surface area contributed by atoms with Crippen LogP contribution in [0.2, 0.25) is 0 Å². The zero-order valence-electron chi connectivity index (χ0n) is 15.1. The second-order valence-corrected chi connectivity index (χ2v) is 8.31. The lowest BCUT2D eigenvalue weighted by molar-refractivity contribution is -0.119. The van der Waals surface area contributed by atoms with E-state index < -0.39 is 35.0 Å². The fourth-order valence-electron chi connectivity index (χ4n) is 5.07. The Kier molecular flexibility index (Phi) is 4.18. The number of aromatic hydroxyl groups is 2. The number of aliphatic hydroxyl groups is 1. The number of hydrogen-bond acceptors (Lipinski definition) is 5. The van der Waals surface area contributed by atoms with E-state index in [0.29, 0.717) is 0 Å². The number of phenolic OH excluding ortho intramolecular Hbond substituents is 1. The maximum absolute atomic E-state index is 12.5. The van der Waals surface area contributed by atoms with E-state index in [1.165, 1.54) is 0 Å². The Morgan fingerprint density at radius 1 is 1.23 bits per heavy atom. The number of rotatable bonds is 4. The predicted octanol–water partition coefficient (Wildman–Crippen LogP) is 2.56. The highest BCUT2D eigenvalue weighted by molar-refractivity contribution is 5.99. The second-order valence-electron chi connectivity index (χ2n) is 8.31. The molecule has 0 radical (unpaired) electrons. The number of fused-ring (bicyclic) bond motifs is 2. The molecule has 0 aliphatic heterocycles. The van der Waals surface area contributed by atoms with Crippen molar-refractivity contribution in [3.8, 4) is 11.5 Å². The maximum Gasteiger partial charge on any atom is 0.339 e. The molecule has 7 nitrogen and oxygen atoms in total. The molecule has 26 heavy (non-hydrogen) atoms. The molecule has 7 heteroatoms. The highest BCUT2D eigenvalue weighted by Gasteiger charge is 2.65. The zero-order valence-corrected chi connectivity index (χ0v) is 15.1. The molecule has 2 fully saturated rings. The Bertz CT molecular complexity index is 774. The number of phenols is 2. The van der Waals surface area contributed by atoms with Crippen LogP contribution < -0.4 is 5.32 Å². The fourth-order valence-corrected chi connectivity index (χ4v) is 5.07. The van der Waals surface area contributed by atoms with E-state index in [0.717, 1.165) is 25.0 Å². The third kappa shape index (κ3) is 2.45. The van der Waals surface area contributed by atoms with Crippen molar-refractivity contribution in [1.29, 1.82) is 0 Å². The van der Waals surface area contributed by atoms with Crippen LogP contribution in [0.3, 0.4) is 0 Å². The van der Waals surface area contributed by atoms with E-state index in [2.05, 4.69) is 26.1 Å². The lowest BCUT2D eigenvalue weighted by atomic mass is 9.70. The van der Waals surface area contributed by atoms with E-state index in [1.54, 1.807) is 0 Å². The van der Waals surface area contributed by atoms with E-state index >= 15 is 0 Å². The van der Waals surface area contributed by atoms with Crippen LogP contribution in [0.4, 0.5) is 5.69 Å². The minimum Gasteiger partial charge on any atom is -0.506 e. The van der Waals surface area contributed by atoms with Gasteiger partial charge in [0.25, 0.3) is 0 Å². The lowest BCUT2D eigenvalue weighted by Gasteiger charge is -2.37. The largest absolute Gasteiger partial charge is 0.506 e. The molecule has 0 heterocycles. The number of hydrogen-bond donors (Lipinski definition) is 5. The van der Waals surface area contributed by atoms with Crippen molar-refractivity contribution < 1.29 is 30.0 Å². The average molecular weight is 363 g/mol. The van der Waals surface area contributed by atoms with Crippen molar-refractivity contribution in [2.45, 2.75) is 46.1 Å². The fraction of sp³-hybridized carbons (Fsp3) is 0.579. The van der Waals surface area contributed by atoms with Crippen LogP contribution in [-0.4, -0.2) is 38.4 Å². The van der Waals surface area contributed by atoms with Gasteiger partial charge >= 0.3 is 5.97 Å². The van der Waals surface area contributed by atoms with Crippen LogP contribution >= 0.6 is 0 Å². The standard InChI is InChI=1S/C19H25NO6/c1-18(2)11-6-7-19(18,3)16(24)10(11)8-13(22)20-14-12(21)5-4-9(15(14)23)17(25)26/h4-5,10-11,16,21,23-24H,6-8H2,1-3H3,(H,20,22)(H,25,26)/t10-,11+,16+,19-/m0/s1. The minimum atomic E-state index is -1.36. The van der Waals surface area contributed by atoms with E-state index in [9.17, 15) is 24.9 Å². The van der Waals surface area contributed by atoms with E-state index in [1.807, 2.05) is 0 Å². The van der Waals surface area contributed by atoms with Crippen molar-refractivity contribution in [2.24, 2.45) is 22.7 Å². The monoisotopic (exact) mass is 363 g/mol. The molecular formula is C19H25NO6. The molecule has 1 amide bonds. The van der Waals surface area contributed by atoms with E-state index in [-0.39, 0.29) is 34.8 Å². The number of carbonyl (C=O) groups is 2. The number of nitrogens with one attached hydrogen (secondary N) is 1. The number of carbonyl (C=O) groups excluding carboxylic acids is 1. The Balaban J connectivity index is 1.79. The van der Waals surface area contributed by atoms with Gasteiger partial charge in [0, 0.05) is 6.42 Å². The first-order valence-electron chi connectivity index (χ1n) is 8.77. The quantitative estimate of drug-likeness (QED) is 0.523. The maximum atomic E-state index is 12.5. The molecule has 2 aliphatic rings. The van der Waals surface area contributed by atoms with Crippen LogP contribution in [0.15, 0.2) is 12.1 Å². The molecule has 0 saturated heterocycles. The highest BCUT2D eigenvalue weighted by atomic mass is 16.4. The van der Waals surface area contributed by atoms with Gasteiger partial charge in [-0.2, -0.15) is 0 Å². The van der Waals surface area contributed by atoms with Crippen molar-refractivity contribution >= 4 is 17.6 Å². The van der Waals surface area contributed by atoms with Gasteiger partial charge in [0.1, 0.15) is 17.0 Å². The first kappa shape index (κ1) is 18.5. The third-order valence-electron chi connectivity index (χ3n) is 7.02. The summed E-state index contributed by atoms with van der Waals surface area (Å²) in [4.78, 5) is 23.6. The molecule has 2 bridgehead atoms. The summed E-state index contributed by atoms with van der Waals surface area (Å²) in [6, 6.07) is 2.17. The summed E-state index contributed by atoms with van der Waals surface area (Å²) in [5.74, 6) is -2.95. The number of anilines is 1. The summed E-state index contributed by atoms with van der Waals surface area (Å²) in [6.07, 6.45) is 1.31. The summed E-state index contributed by atoms with van der Waals surface area (Å²) >= 11 is 0. The minimum absolute atomic E-state index is 0.0427. The van der Waals surface area contributed by atoms with Gasteiger partial charge in [-0.1, -0.05) is 20.8 Å². The Hall–Kier alpha value is -2.28. The molecule has 1 aromatic rings. The average Bonchev–Trinajstić information content (AvgIpc) is 2.85. The van der Waals surface area contributed by atoms with Gasteiger partial charge in [0.05, 0.1) is 6.10 Å². The normalized spacial score (nSPS) is 31.8. The highest BCUT2D eigenvalue weighted by Crippen LogP contribution is 2.68. The first-order chi connectivity index (χ1) is 12.0. The smallest absolute Gasteiger partial charge is 0.339 e. The summed E-state index contributed by atoms with van der Waals surface area (Å²) in [7, 11) is 0. The topological polar surface area (TPSA) is 127 Å². The number of aliphatic hydroxyl groups excluding tert-OH is 1. The Labute approximate surface area is 151 Å². The Morgan fingerprint density at radius 2 is 1.88 bits per heavy atom. The number of aromatic carboxylic acids is 1. The zero-order chi connectivity index (χ0) is 19.4. The molecule has 2 saturated carbocycles. The first-order valence-corrected chi connectivity index (χ1v) is 8.77. The molecule has 0 aromatic heterocycles. The molecule has 3 rings (SSSR count). The Morgan fingerprint density at radius 3 is 2.42 bits per heavy atom. The number of amides is 1. The van der Waals surface area contributed by atoms with Crippen LogP contribution in [0.5, 0.6) is 11.5 Å². The van der Waals surface area contributed by atoms with E-state index in [4.69, 9.17) is 5.11 Å². The molecule has 0 unspecified atom stereocenters. The molecule has 0 spiro atoms. The lowest BCUT2D eigenvalue weighted by Crippen LogP contribution is -2.38. The van der Waals surface area contributed by atoms with Gasteiger partial charge in [-0.15, -0.1) is 0 Å². The van der Waals surface area contributed by atoms with Crippen LogP contribution in [-0.2, 0) is 4.79 Å². The predicted molar refractivity (Wildman–Crippen MR) is 94.1 cm³/mol. The molecule has 2 aliphatic carbocycles. The summed E-state index contributed by atoms with van der Waals surface area (Å²) in [5, 5.41) is 42.1. The molecule has 4 atom stereocenters. The third-order valence-corrected chi connectivity index (χ3v) is 7.02. The van der Waals surface area contributed by atoms with Crippen molar-refractivity contribution in [1.82, 2.24) is 0 Å². The van der Waals surface area contributed by atoms with Gasteiger partial charge in [-0.05, 0) is 47.6 Å². The van der Waals surface area contributed by atoms with Crippen molar-refractivity contribution in [3.05, 3.63) is 17.7 Å². The van der Waals surface area contributed by atoms with Crippen LogP contribution in [0.25, 0.3) is 0 Å². The van der Waals surface area contributed by atoms with Gasteiger partial charge in [0.2, 0.25) is 5.91 Å². The SMILES string of the molecule is CC1(C)[C@@H]2CC[C@@]1(C)[C@H](O)[C@H]2CC(=O)Nc1c(O)ccc(C(=O)O)c1O. The van der Waals surface area contributed by atoms with Crippen LogP contribution in [0.1, 0.15) is 50.4 Å². The number of carboxylic acids is 1. The summed E-state index contributed by atoms with van der Waals surface area (Å²) < 4.78 is 0. The van der Waals surface area contributed by atoms with Gasteiger partial charge in [-0.3, -0.25) is 4.79 Å². The summed E-state index contributed by atoms with van der Waals surface area (Å²) in [5.41, 5.74) is -1.05. The van der Waals surface area contributed by atoms with Gasteiger partial charge in [-0.25, -0.2) is 4.79 Å². The number of carboxylic acid groups (broad SMARTS) is 1.